The number of aliphatic hydroxyl groups is 1. The summed E-state index contributed by atoms with van der Waals surface area (Å²) in [6, 6.07) is 4.79. The molecule has 0 saturated carbocycles. The van der Waals surface area contributed by atoms with E-state index in [1.165, 1.54) is 6.07 Å². The van der Waals surface area contributed by atoms with E-state index in [2.05, 4.69) is 0 Å². The summed E-state index contributed by atoms with van der Waals surface area (Å²) in [6.45, 7) is 2.17. The van der Waals surface area contributed by atoms with Gasteiger partial charge in [-0.1, -0.05) is 23.7 Å². The number of hydrogen-bond donors (Lipinski definition) is 1. The van der Waals surface area contributed by atoms with Gasteiger partial charge in [-0.2, -0.15) is 0 Å². The molecule has 0 aromatic heterocycles. The molecule has 0 radical (unpaired) electrons. The standard InChI is InChI=1S/C12H17ClFNO2/c1-15(5-7-17-8-6-16)9-10-3-2-4-11(14)12(10)13/h2-4,16H,5-9H2,1H3. The second kappa shape index (κ2) is 7.61. The molecule has 17 heavy (non-hydrogen) atoms. The Hall–Kier alpha value is -0.680. The van der Waals surface area contributed by atoms with Gasteiger partial charge in [0.1, 0.15) is 5.82 Å². The van der Waals surface area contributed by atoms with Crippen molar-refractivity contribution < 1.29 is 14.2 Å². The average Bonchev–Trinajstić information content (AvgIpc) is 2.31. The first kappa shape index (κ1) is 14.4. The molecule has 0 saturated heterocycles. The van der Waals surface area contributed by atoms with Crippen LogP contribution < -0.4 is 0 Å². The molecule has 0 atom stereocenters. The van der Waals surface area contributed by atoms with Gasteiger partial charge in [-0.05, 0) is 18.7 Å². The molecule has 0 heterocycles. The molecule has 0 spiro atoms. The lowest BCUT2D eigenvalue weighted by atomic mass is 10.2. The first-order chi connectivity index (χ1) is 8.15. The van der Waals surface area contributed by atoms with Crippen molar-refractivity contribution >= 4 is 11.6 Å². The highest BCUT2D eigenvalue weighted by Crippen LogP contribution is 2.20. The highest BCUT2D eigenvalue weighted by molar-refractivity contribution is 6.31. The number of nitrogens with zero attached hydrogens (tertiary/aromatic N) is 1. The Balaban J connectivity index is 2.39. The van der Waals surface area contributed by atoms with Gasteiger partial charge in [-0.3, -0.25) is 4.90 Å². The molecule has 1 aromatic carbocycles. The lowest BCUT2D eigenvalue weighted by molar-refractivity contribution is 0.0773. The van der Waals surface area contributed by atoms with Crippen LogP contribution in [-0.2, 0) is 11.3 Å². The van der Waals surface area contributed by atoms with Gasteiger partial charge in [0.2, 0.25) is 0 Å². The van der Waals surface area contributed by atoms with Crippen LogP contribution in [-0.4, -0.2) is 43.4 Å². The minimum absolute atomic E-state index is 0.0272. The highest BCUT2D eigenvalue weighted by atomic mass is 35.5. The molecule has 0 fully saturated rings. The molecule has 1 N–H and O–H groups in total. The number of halogens is 2. The fraction of sp³-hybridized carbons (Fsp3) is 0.500. The van der Waals surface area contributed by atoms with Crippen molar-refractivity contribution in [2.75, 3.05) is 33.4 Å². The molecule has 96 valence electrons. The summed E-state index contributed by atoms with van der Waals surface area (Å²) < 4.78 is 18.3. The summed E-state index contributed by atoms with van der Waals surface area (Å²) in [5.74, 6) is -0.394. The smallest absolute Gasteiger partial charge is 0.142 e. The normalized spacial score (nSPS) is 11.1. The van der Waals surface area contributed by atoms with Gasteiger partial charge in [0, 0.05) is 13.1 Å². The molecule has 1 rings (SSSR count). The van der Waals surface area contributed by atoms with Crippen LogP contribution in [0.4, 0.5) is 4.39 Å². The van der Waals surface area contributed by atoms with E-state index in [4.69, 9.17) is 21.4 Å². The van der Waals surface area contributed by atoms with Crippen molar-refractivity contribution in [1.82, 2.24) is 4.90 Å². The van der Waals surface area contributed by atoms with E-state index in [1.54, 1.807) is 12.1 Å². The predicted molar refractivity (Wildman–Crippen MR) is 65.6 cm³/mol. The van der Waals surface area contributed by atoms with Crippen molar-refractivity contribution in [2.45, 2.75) is 6.54 Å². The van der Waals surface area contributed by atoms with Crippen LogP contribution in [0.15, 0.2) is 18.2 Å². The fourth-order valence-electron chi connectivity index (χ4n) is 1.43. The zero-order valence-electron chi connectivity index (χ0n) is 9.83. The largest absolute Gasteiger partial charge is 0.394 e. The number of benzene rings is 1. The number of rotatable bonds is 7. The fourth-order valence-corrected chi connectivity index (χ4v) is 1.61. The SMILES string of the molecule is CN(CCOCCO)Cc1cccc(F)c1Cl. The lowest BCUT2D eigenvalue weighted by Crippen LogP contribution is -2.23. The topological polar surface area (TPSA) is 32.7 Å². The molecule has 0 aliphatic heterocycles. The lowest BCUT2D eigenvalue weighted by Gasteiger charge is -2.17. The monoisotopic (exact) mass is 261 g/mol. The Bertz CT molecular complexity index is 349. The van der Waals surface area contributed by atoms with E-state index in [0.717, 1.165) is 5.56 Å². The Morgan fingerprint density at radius 3 is 2.88 bits per heavy atom. The number of hydrogen-bond acceptors (Lipinski definition) is 3. The number of ether oxygens (including phenoxy) is 1. The Labute approximate surface area is 106 Å². The number of aliphatic hydroxyl groups excluding tert-OH is 1. The average molecular weight is 262 g/mol. The second-order valence-corrected chi connectivity index (χ2v) is 4.16. The molecular weight excluding hydrogens is 245 g/mol. The maximum absolute atomic E-state index is 13.2. The summed E-state index contributed by atoms with van der Waals surface area (Å²) in [6.07, 6.45) is 0. The quantitative estimate of drug-likeness (QED) is 0.762. The summed E-state index contributed by atoms with van der Waals surface area (Å²) in [5, 5.41) is 8.71. The van der Waals surface area contributed by atoms with Crippen molar-refractivity contribution in [1.29, 1.82) is 0 Å². The van der Waals surface area contributed by atoms with E-state index < -0.39 is 5.82 Å². The summed E-state index contributed by atoms with van der Waals surface area (Å²) in [4.78, 5) is 1.98. The molecule has 0 amide bonds. The Morgan fingerprint density at radius 2 is 2.18 bits per heavy atom. The summed E-state index contributed by atoms with van der Waals surface area (Å²) >= 11 is 5.86. The van der Waals surface area contributed by atoms with Crippen LogP contribution in [0, 0.1) is 5.82 Å². The molecule has 3 nitrogen and oxygen atoms in total. The third-order valence-electron chi connectivity index (χ3n) is 2.32. The molecule has 0 aliphatic rings. The first-order valence-electron chi connectivity index (χ1n) is 5.45. The molecule has 0 aliphatic carbocycles. The van der Waals surface area contributed by atoms with E-state index >= 15 is 0 Å². The van der Waals surface area contributed by atoms with Crippen LogP contribution >= 0.6 is 11.6 Å². The van der Waals surface area contributed by atoms with Crippen molar-refractivity contribution in [3.8, 4) is 0 Å². The minimum atomic E-state index is -0.394. The van der Waals surface area contributed by atoms with E-state index in [0.29, 0.717) is 26.3 Å². The molecule has 0 bridgehead atoms. The molecule has 5 heteroatoms. The van der Waals surface area contributed by atoms with Gasteiger partial charge < -0.3 is 9.84 Å². The summed E-state index contributed by atoms with van der Waals surface area (Å²) in [7, 11) is 1.91. The van der Waals surface area contributed by atoms with Crippen LogP contribution in [0.5, 0.6) is 0 Å². The zero-order chi connectivity index (χ0) is 12.7. The summed E-state index contributed by atoms with van der Waals surface area (Å²) in [5.41, 5.74) is 0.760. The van der Waals surface area contributed by atoms with Crippen molar-refractivity contribution in [3.63, 3.8) is 0 Å². The van der Waals surface area contributed by atoms with Gasteiger partial charge >= 0.3 is 0 Å². The second-order valence-electron chi connectivity index (χ2n) is 3.79. The maximum atomic E-state index is 13.2. The van der Waals surface area contributed by atoms with E-state index in [-0.39, 0.29) is 11.6 Å². The van der Waals surface area contributed by atoms with Gasteiger partial charge in [0.05, 0.1) is 24.8 Å². The molecular formula is C12H17ClFNO2. The van der Waals surface area contributed by atoms with Crippen LogP contribution in [0.1, 0.15) is 5.56 Å². The van der Waals surface area contributed by atoms with Crippen molar-refractivity contribution in [2.24, 2.45) is 0 Å². The molecule has 1 aromatic rings. The molecule has 0 unspecified atom stereocenters. The van der Waals surface area contributed by atoms with E-state index in [9.17, 15) is 4.39 Å². The Morgan fingerprint density at radius 1 is 1.41 bits per heavy atom. The van der Waals surface area contributed by atoms with Crippen LogP contribution in [0.2, 0.25) is 5.02 Å². The highest BCUT2D eigenvalue weighted by Gasteiger charge is 2.07. The van der Waals surface area contributed by atoms with Crippen LogP contribution in [0.25, 0.3) is 0 Å². The maximum Gasteiger partial charge on any atom is 0.142 e. The zero-order valence-corrected chi connectivity index (χ0v) is 10.6. The van der Waals surface area contributed by atoms with Gasteiger partial charge in [0.25, 0.3) is 0 Å². The third-order valence-corrected chi connectivity index (χ3v) is 2.75. The van der Waals surface area contributed by atoms with Crippen molar-refractivity contribution in [3.05, 3.63) is 34.6 Å². The van der Waals surface area contributed by atoms with Gasteiger partial charge in [-0.25, -0.2) is 4.39 Å². The minimum Gasteiger partial charge on any atom is -0.394 e. The van der Waals surface area contributed by atoms with Crippen LogP contribution in [0.3, 0.4) is 0 Å². The third kappa shape index (κ3) is 5.00. The van der Waals surface area contributed by atoms with Gasteiger partial charge in [-0.15, -0.1) is 0 Å². The number of likely N-dealkylation sites (N-methyl/N-ethyl adjacent to an activating group) is 1. The predicted octanol–water partition coefficient (Wildman–Crippen LogP) is 1.92. The Kier molecular flexibility index (Phi) is 6.44. The van der Waals surface area contributed by atoms with Gasteiger partial charge in [0.15, 0.2) is 0 Å². The van der Waals surface area contributed by atoms with E-state index in [1.807, 2.05) is 11.9 Å². The first-order valence-corrected chi connectivity index (χ1v) is 5.83.